The summed E-state index contributed by atoms with van der Waals surface area (Å²) in [6.45, 7) is 4.45. The monoisotopic (exact) mass is 371 g/mol. The van der Waals surface area contributed by atoms with Gasteiger partial charge in [0.05, 0.1) is 18.0 Å². The molecule has 2 amide bonds. The molecule has 2 aromatic rings. The van der Waals surface area contributed by atoms with E-state index in [0.717, 1.165) is 10.5 Å². The van der Waals surface area contributed by atoms with Gasteiger partial charge in [0.25, 0.3) is 0 Å². The summed E-state index contributed by atoms with van der Waals surface area (Å²) in [5.41, 5.74) is 7.05. The fraction of sp³-hybridized carbons (Fsp3) is 0.300. The van der Waals surface area contributed by atoms with Gasteiger partial charge < -0.3 is 16.4 Å². The number of hydrogen-bond acceptors (Lipinski definition) is 4. The number of carbonyl (C=O) groups excluding carboxylic acids is 2. The Labute approximate surface area is 158 Å². The van der Waals surface area contributed by atoms with Crippen LogP contribution in [0.4, 0.5) is 5.69 Å². The Morgan fingerprint density at radius 1 is 1.04 bits per heavy atom. The van der Waals surface area contributed by atoms with Crippen LogP contribution in [0.25, 0.3) is 0 Å². The normalized spacial score (nSPS) is 12.0. The SMILES string of the molecule is CC(C)[C@H](NCC(=O)Nc1ccccc1SCC(N)=O)c1ccccc1. The zero-order valence-electron chi connectivity index (χ0n) is 15.1. The number of thioether (sulfide) groups is 1. The first kappa shape index (κ1) is 20.0. The summed E-state index contributed by atoms with van der Waals surface area (Å²) >= 11 is 1.31. The molecule has 0 bridgehead atoms. The highest BCUT2D eigenvalue weighted by Crippen LogP contribution is 2.26. The van der Waals surface area contributed by atoms with E-state index in [9.17, 15) is 9.59 Å². The van der Waals surface area contributed by atoms with Gasteiger partial charge in [0.2, 0.25) is 11.8 Å². The number of para-hydroxylation sites is 1. The Kier molecular flexibility index (Phi) is 7.69. The van der Waals surface area contributed by atoms with Crippen molar-refractivity contribution in [2.75, 3.05) is 17.6 Å². The molecule has 138 valence electrons. The second kappa shape index (κ2) is 9.99. The van der Waals surface area contributed by atoms with E-state index in [2.05, 4.69) is 36.6 Å². The summed E-state index contributed by atoms with van der Waals surface area (Å²) in [4.78, 5) is 24.2. The number of nitrogens with one attached hydrogen (secondary N) is 2. The Morgan fingerprint density at radius 2 is 1.69 bits per heavy atom. The molecule has 6 heteroatoms. The van der Waals surface area contributed by atoms with Crippen molar-refractivity contribution in [1.29, 1.82) is 0 Å². The fourth-order valence-corrected chi connectivity index (χ4v) is 3.39. The number of amides is 2. The molecule has 2 rings (SSSR count). The summed E-state index contributed by atoms with van der Waals surface area (Å²) in [5, 5.41) is 6.24. The Balaban J connectivity index is 1.97. The summed E-state index contributed by atoms with van der Waals surface area (Å²) in [6.07, 6.45) is 0. The quantitative estimate of drug-likeness (QED) is 0.591. The maximum absolute atomic E-state index is 12.4. The second-order valence-electron chi connectivity index (χ2n) is 6.31. The molecule has 2 aromatic carbocycles. The number of carbonyl (C=O) groups is 2. The number of anilines is 1. The van der Waals surface area contributed by atoms with E-state index in [-0.39, 0.29) is 30.2 Å². The third kappa shape index (κ3) is 6.20. The van der Waals surface area contributed by atoms with Gasteiger partial charge in [-0.25, -0.2) is 0 Å². The van der Waals surface area contributed by atoms with Gasteiger partial charge in [-0.15, -0.1) is 11.8 Å². The third-order valence-electron chi connectivity index (χ3n) is 3.84. The van der Waals surface area contributed by atoms with Gasteiger partial charge in [-0.05, 0) is 23.6 Å². The van der Waals surface area contributed by atoms with Crippen molar-refractivity contribution in [2.24, 2.45) is 11.7 Å². The van der Waals surface area contributed by atoms with E-state index in [1.165, 1.54) is 11.8 Å². The molecule has 4 N–H and O–H groups in total. The molecule has 0 aromatic heterocycles. The number of benzene rings is 2. The minimum Gasteiger partial charge on any atom is -0.369 e. The number of primary amides is 1. The summed E-state index contributed by atoms with van der Waals surface area (Å²) in [7, 11) is 0. The average Bonchev–Trinajstić information content (AvgIpc) is 2.61. The van der Waals surface area contributed by atoms with Crippen molar-refractivity contribution in [3.63, 3.8) is 0 Å². The molecule has 0 spiro atoms. The Morgan fingerprint density at radius 3 is 2.35 bits per heavy atom. The van der Waals surface area contributed by atoms with Crippen molar-refractivity contribution >= 4 is 29.3 Å². The predicted octanol–water partition coefficient (Wildman–Crippen LogP) is 3.19. The van der Waals surface area contributed by atoms with Crippen LogP contribution in [0.15, 0.2) is 59.5 Å². The van der Waals surface area contributed by atoms with Crippen LogP contribution in [0.5, 0.6) is 0 Å². The summed E-state index contributed by atoms with van der Waals surface area (Å²) in [6, 6.07) is 17.6. The van der Waals surface area contributed by atoms with Crippen LogP contribution in [0.3, 0.4) is 0 Å². The molecule has 0 fully saturated rings. The number of nitrogens with two attached hydrogens (primary N) is 1. The summed E-state index contributed by atoms with van der Waals surface area (Å²) in [5.74, 6) is 0.0110. The predicted molar refractivity (Wildman–Crippen MR) is 107 cm³/mol. The zero-order valence-corrected chi connectivity index (χ0v) is 15.9. The lowest BCUT2D eigenvalue weighted by molar-refractivity contribution is -0.116. The molecule has 1 atom stereocenters. The third-order valence-corrected chi connectivity index (χ3v) is 4.93. The first-order valence-corrected chi connectivity index (χ1v) is 9.54. The highest BCUT2D eigenvalue weighted by atomic mass is 32.2. The molecule has 0 unspecified atom stereocenters. The van der Waals surface area contributed by atoms with Gasteiger partial charge in [0.1, 0.15) is 0 Å². The van der Waals surface area contributed by atoms with Crippen molar-refractivity contribution in [2.45, 2.75) is 24.8 Å². The lowest BCUT2D eigenvalue weighted by Crippen LogP contribution is -2.33. The van der Waals surface area contributed by atoms with Gasteiger partial charge in [0, 0.05) is 10.9 Å². The Bertz CT molecular complexity index is 735. The van der Waals surface area contributed by atoms with Crippen LogP contribution in [0, 0.1) is 5.92 Å². The van der Waals surface area contributed by atoms with E-state index in [4.69, 9.17) is 5.73 Å². The number of hydrogen-bond donors (Lipinski definition) is 3. The minimum atomic E-state index is -0.388. The van der Waals surface area contributed by atoms with Gasteiger partial charge in [-0.2, -0.15) is 0 Å². The molecular formula is C20H25N3O2S. The molecule has 26 heavy (non-hydrogen) atoms. The lowest BCUT2D eigenvalue weighted by Gasteiger charge is -2.23. The maximum atomic E-state index is 12.4. The summed E-state index contributed by atoms with van der Waals surface area (Å²) < 4.78 is 0. The standard InChI is InChI=1S/C20H25N3O2S/c1-14(2)20(15-8-4-3-5-9-15)22-12-19(25)23-16-10-6-7-11-17(16)26-13-18(21)24/h3-11,14,20,22H,12-13H2,1-2H3,(H2,21,24)(H,23,25)/t20-/m0/s1. The first-order valence-electron chi connectivity index (χ1n) is 8.55. The average molecular weight is 372 g/mol. The van der Waals surface area contributed by atoms with Gasteiger partial charge in [-0.3, -0.25) is 9.59 Å². The van der Waals surface area contributed by atoms with E-state index >= 15 is 0 Å². The Hall–Kier alpha value is -2.31. The van der Waals surface area contributed by atoms with Crippen LogP contribution in [-0.2, 0) is 9.59 Å². The van der Waals surface area contributed by atoms with Gasteiger partial charge in [0.15, 0.2) is 0 Å². The molecule has 0 heterocycles. The second-order valence-corrected chi connectivity index (χ2v) is 7.33. The van der Waals surface area contributed by atoms with Crippen molar-refractivity contribution in [3.8, 4) is 0 Å². The van der Waals surface area contributed by atoms with Gasteiger partial charge >= 0.3 is 0 Å². The van der Waals surface area contributed by atoms with Crippen LogP contribution in [0.1, 0.15) is 25.5 Å². The van der Waals surface area contributed by atoms with Gasteiger partial charge in [-0.1, -0.05) is 56.3 Å². The van der Waals surface area contributed by atoms with E-state index < -0.39 is 0 Å². The molecular weight excluding hydrogens is 346 g/mol. The smallest absolute Gasteiger partial charge is 0.238 e. The molecule has 0 saturated heterocycles. The van der Waals surface area contributed by atoms with Crippen LogP contribution < -0.4 is 16.4 Å². The maximum Gasteiger partial charge on any atom is 0.238 e. The van der Waals surface area contributed by atoms with Crippen LogP contribution >= 0.6 is 11.8 Å². The van der Waals surface area contributed by atoms with Crippen molar-refractivity contribution in [1.82, 2.24) is 5.32 Å². The molecule has 0 aliphatic carbocycles. The zero-order chi connectivity index (χ0) is 18.9. The van der Waals surface area contributed by atoms with E-state index in [1.807, 2.05) is 42.5 Å². The van der Waals surface area contributed by atoms with Crippen LogP contribution in [0.2, 0.25) is 0 Å². The highest BCUT2D eigenvalue weighted by Gasteiger charge is 2.16. The molecule has 0 aliphatic heterocycles. The fourth-order valence-electron chi connectivity index (χ4n) is 2.64. The number of rotatable bonds is 9. The topological polar surface area (TPSA) is 84.2 Å². The van der Waals surface area contributed by atoms with E-state index in [1.54, 1.807) is 0 Å². The van der Waals surface area contributed by atoms with Crippen molar-refractivity contribution < 1.29 is 9.59 Å². The molecule has 5 nitrogen and oxygen atoms in total. The minimum absolute atomic E-state index is 0.0985. The van der Waals surface area contributed by atoms with Crippen LogP contribution in [-0.4, -0.2) is 24.1 Å². The van der Waals surface area contributed by atoms with Crippen molar-refractivity contribution in [3.05, 3.63) is 60.2 Å². The molecule has 0 radical (unpaired) electrons. The van der Waals surface area contributed by atoms with E-state index in [0.29, 0.717) is 11.6 Å². The largest absolute Gasteiger partial charge is 0.369 e. The first-order chi connectivity index (χ1) is 12.5. The molecule has 0 saturated carbocycles. The highest BCUT2D eigenvalue weighted by molar-refractivity contribution is 8.00. The lowest BCUT2D eigenvalue weighted by atomic mass is 9.96. The molecule has 0 aliphatic rings.